The van der Waals surface area contributed by atoms with Crippen LogP contribution in [0.25, 0.3) is 0 Å². The minimum Gasteiger partial charge on any atom is -0.306 e. The zero-order chi connectivity index (χ0) is 15.6. The van der Waals surface area contributed by atoms with Crippen molar-refractivity contribution >= 4 is 0 Å². The molecule has 0 radical (unpaired) electrons. The summed E-state index contributed by atoms with van der Waals surface area (Å²) >= 11 is 0. The van der Waals surface area contributed by atoms with Gasteiger partial charge in [-0.15, -0.1) is 0 Å². The first-order valence-electron chi connectivity index (χ1n) is 6.58. The van der Waals surface area contributed by atoms with Gasteiger partial charge in [-0.05, 0) is 36.7 Å². The fourth-order valence-electron chi connectivity index (χ4n) is 2.22. The molecule has 112 valence electrons. The molecular weight excluding hydrogens is 282 g/mol. The van der Waals surface area contributed by atoms with Crippen LogP contribution in [-0.4, -0.2) is 6.54 Å². The summed E-state index contributed by atoms with van der Waals surface area (Å²) in [6.07, 6.45) is 0. The van der Waals surface area contributed by atoms with Crippen molar-refractivity contribution in [3.63, 3.8) is 0 Å². The maximum Gasteiger partial charge on any atom is 0.161 e. The second kappa shape index (κ2) is 6.26. The molecule has 1 atom stereocenters. The smallest absolute Gasteiger partial charge is 0.161 e. The lowest BCUT2D eigenvalue weighted by molar-refractivity contribution is 0.481. The third-order valence-electron chi connectivity index (χ3n) is 3.27. The molecule has 2 aromatic carbocycles. The molecule has 5 heteroatoms. The van der Waals surface area contributed by atoms with Gasteiger partial charge >= 0.3 is 0 Å². The third-order valence-corrected chi connectivity index (χ3v) is 3.27. The molecule has 0 aliphatic rings. The molecule has 0 saturated carbocycles. The Morgan fingerprint density at radius 2 is 1.57 bits per heavy atom. The molecule has 0 spiro atoms. The molecule has 2 aromatic rings. The van der Waals surface area contributed by atoms with Gasteiger partial charge in [0.25, 0.3) is 0 Å². The van der Waals surface area contributed by atoms with E-state index < -0.39 is 23.5 Å². The lowest BCUT2D eigenvalue weighted by Crippen LogP contribution is -2.23. The summed E-state index contributed by atoms with van der Waals surface area (Å²) in [7, 11) is 0. The van der Waals surface area contributed by atoms with Gasteiger partial charge in [0.15, 0.2) is 11.6 Å². The predicted octanol–water partition coefficient (Wildman–Crippen LogP) is 4.25. The zero-order valence-corrected chi connectivity index (χ0v) is 11.7. The average Bonchev–Trinajstić information content (AvgIpc) is 2.44. The van der Waals surface area contributed by atoms with Crippen molar-refractivity contribution in [1.29, 1.82) is 0 Å². The van der Waals surface area contributed by atoms with Crippen LogP contribution < -0.4 is 5.32 Å². The van der Waals surface area contributed by atoms with E-state index in [1.807, 2.05) is 0 Å². The minimum absolute atomic E-state index is 0.0123. The summed E-state index contributed by atoms with van der Waals surface area (Å²) in [6, 6.07) is 5.00. The lowest BCUT2D eigenvalue weighted by Gasteiger charge is -2.20. The number of hydrogen-bond donors (Lipinski definition) is 1. The molecule has 0 heterocycles. The van der Waals surface area contributed by atoms with E-state index in [0.717, 1.165) is 6.07 Å². The highest BCUT2D eigenvalue weighted by Crippen LogP contribution is 2.27. The molecular formula is C16H15F4N. The first-order chi connectivity index (χ1) is 9.93. The Hall–Kier alpha value is -1.88. The molecule has 0 fully saturated rings. The third kappa shape index (κ3) is 3.24. The topological polar surface area (TPSA) is 12.0 Å². The van der Waals surface area contributed by atoms with Gasteiger partial charge in [0.05, 0.1) is 6.04 Å². The summed E-state index contributed by atoms with van der Waals surface area (Å²) in [5, 5.41) is 3.00. The summed E-state index contributed by atoms with van der Waals surface area (Å²) < 4.78 is 53.7. The van der Waals surface area contributed by atoms with Crippen molar-refractivity contribution in [1.82, 2.24) is 5.32 Å². The Balaban J connectivity index is 2.52. The maximum atomic E-state index is 13.9. The van der Waals surface area contributed by atoms with Gasteiger partial charge in [0, 0.05) is 11.6 Å². The fraction of sp³-hybridized carbons (Fsp3) is 0.250. The van der Waals surface area contributed by atoms with Gasteiger partial charge in [-0.25, -0.2) is 17.6 Å². The van der Waals surface area contributed by atoms with Gasteiger partial charge in [0.2, 0.25) is 0 Å². The molecule has 1 nitrogen and oxygen atoms in total. The molecule has 0 aliphatic carbocycles. The van der Waals surface area contributed by atoms with Crippen molar-refractivity contribution in [3.8, 4) is 0 Å². The molecule has 0 aliphatic heterocycles. The van der Waals surface area contributed by atoms with E-state index in [1.54, 1.807) is 19.9 Å². The maximum absolute atomic E-state index is 13.9. The quantitative estimate of drug-likeness (QED) is 0.657. The molecule has 21 heavy (non-hydrogen) atoms. The Bertz CT molecular complexity index is 655. The second-order valence-corrected chi connectivity index (χ2v) is 4.79. The first-order valence-corrected chi connectivity index (χ1v) is 6.58. The second-order valence-electron chi connectivity index (χ2n) is 4.79. The van der Waals surface area contributed by atoms with Crippen LogP contribution in [-0.2, 0) is 0 Å². The van der Waals surface area contributed by atoms with Crippen molar-refractivity contribution in [3.05, 3.63) is 70.3 Å². The molecule has 0 bridgehead atoms. The van der Waals surface area contributed by atoms with E-state index in [9.17, 15) is 17.6 Å². The SMILES string of the molecule is CCNC(c1ccc(F)c(C)c1)c1cc(F)c(F)cc1F. The summed E-state index contributed by atoms with van der Waals surface area (Å²) in [5.74, 6) is -3.57. The lowest BCUT2D eigenvalue weighted by atomic mass is 9.96. The van der Waals surface area contributed by atoms with Gasteiger partial charge < -0.3 is 5.32 Å². The highest BCUT2D eigenvalue weighted by Gasteiger charge is 2.20. The van der Waals surface area contributed by atoms with Crippen LogP contribution >= 0.6 is 0 Å². The number of hydrogen-bond acceptors (Lipinski definition) is 1. The zero-order valence-electron chi connectivity index (χ0n) is 11.7. The van der Waals surface area contributed by atoms with Crippen LogP contribution in [0.1, 0.15) is 29.7 Å². The van der Waals surface area contributed by atoms with Crippen molar-refractivity contribution in [2.24, 2.45) is 0 Å². The molecule has 1 N–H and O–H groups in total. The van der Waals surface area contributed by atoms with E-state index in [1.165, 1.54) is 12.1 Å². The number of rotatable bonds is 4. The Kier molecular flexibility index (Phi) is 4.63. The van der Waals surface area contributed by atoms with Crippen LogP contribution in [0.3, 0.4) is 0 Å². The molecule has 0 saturated heterocycles. The van der Waals surface area contributed by atoms with Gasteiger partial charge in [0.1, 0.15) is 11.6 Å². The Labute approximate surface area is 120 Å². The number of benzene rings is 2. The average molecular weight is 297 g/mol. The van der Waals surface area contributed by atoms with E-state index in [2.05, 4.69) is 5.32 Å². The number of halogens is 4. The highest BCUT2D eigenvalue weighted by molar-refractivity contribution is 5.35. The predicted molar refractivity (Wildman–Crippen MR) is 73.0 cm³/mol. The largest absolute Gasteiger partial charge is 0.306 e. The van der Waals surface area contributed by atoms with Gasteiger partial charge in [-0.3, -0.25) is 0 Å². The molecule has 1 unspecified atom stereocenters. The monoisotopic (exact) mass is 297 g/mol. The van der Waals surface area contributed by atoms with Crippen LogP contribution in [0.4, 0.5) is 17.6 Å². The molecule has 0 amide bonds. The molecule has 0 aromatic heterocycles. The first kappa shape index (κ1) is 15.5. The van der Waals surface area contributed by atoms with Crippen molar-refractivity contribution in [2.45, 2.75) is 19.9 Å². The highest BCUT2D eigenvalue weighted by atomic mass is 19.2. The van der Waals surface area contributed by atoms with Crippen LogP contribution in [0.5, 0.6) is 0 Å². The normalized spacial score (nSPS) is 12.5. The number of aryl methyl sites for hydroxylation is 1. The van der Waals surface area contributed by atoms with E-state index in [0.29, 0.717) is 23.7 Å². The van der Waals surface area contributed by atoms with Crippen molar-refractivity contribution < 1.29 is 17.6 Å². The van der Waals surface area contributed by atoms with Gasteiger partial charge in [-0.1, -0.05) is 19.1 Å². The van der Waals surface area contributed by atoms with E-state index in [-0.39, 0.29) is 11.4 Å². The standard InChI is InChI=1S/C16H15F4N/c1-3-21-16(10-4-5-12(17)9(2)6-10)11-7-14(19)15(20)8-13(11)18/h4-8,16,21H,3H2,1-2H3. The van der Waals surface area contributed by atoms with Crippen LogP contribution in [0.2, 0.25) is 0 Å². The van der Waals surface area contributed by atoms with E-state index in [4.69, 9.17) is 0 Å². The fourth-order valence-corrected chi connectivity index (χ4v) is 2.22. The Morgan fingerprint density at radius 3 is 2.19 bits per heavy atom. The molecule has 2 rings (SSSR count). The summed E-state index contributed by atoms with van der Waals surface area (Å²) in [4.78, 5) is 0. The van der Waals surface area contributed by atoms with Crippen LogP contribution in [0, 0.1) is 30.2 Å². The Morgan fingerprint density at radius 1 is 0.905 bits per heavy atom. The van der Waals surface area contributed by atoms with E-state index >= 15 is 0 Å². The van der Waals surface area contributed by atoms with Crippen LogP contribution in [0.15, 0.2) is 30.3 Å². The van der Waals surface area contributed by atoms with Gasteiger partial charge in [-0.2, -0.15) is 0 Å². The summed E-state index contributed by atoms with van der Waals surface area (Å²) in [6.45, 7) is 3.88. The van der Waals surface area contributed by atoms with Crippen molar-refractivity contribution in [2.75, 3.05) is 6.54 Å². The number of nitrogens with one attached hydrogen (secondary N) is 1. The summed E-state index contributed by atoms with van der Waals surface area (Å²) in [5.41, 5.74) is 0.973. The minimum atomic E-state index is -1.23.